The maximum atomic E-state index is 5.66. The van der Waals surface area contributed by atoms with Gasteiger partial charge in [-0.1, -0.05) is 0 Å². The standard InChI is InChI=1S/C11H10BrClN2S/c12-9-4-8(5-14-6-9)11-15-10(7-16-11)2-1-3-13/h4-7H,1-3H2. The van der Waals surface area contributed by atoms with E-state index in [1.54, 1.807) is 17.5 Å². The first-order valence-electron chi connectivity index (χ1n) is 4.91. The molecule has 0 spiro atoms. The highest BCUT2D eigenvalue weighted by Gasteiger charge is 2.05. The lowest BCUT2D eigenvalue weighted by Gasteiger charge is -1.96. The van der Waals surface area contributed by atoms with E-state index in [9.17, 15) is 0 Å². The maximum absolute atomic E-state index is 5.66. The lowest BCUT2D eigenvalue weighted by Crippen LogP contribution is -1.86. The van der Waals surface area contributed by atoms with E-state index in [1.165, 1.54) is 0 Å². The number of thiazole rings is 1. The molecule has 2 nitrogen and oxygen atoms in total. The van der Waals surface area contributed by atoms with E-state index in [2.05, 4.69) is 31.3 Å². The van der Waals surface area contributed by atoms with Crippen molar-refractivity contribution in [3.05, 3.63) is 34.0 Å². The van der Waals surface area contributed by atoms with Gasteiger partial charge in [0.1, 0.15) is 5.01 Å². The van der Waals surface area contributed by atoms with Gasteiger partial charge < -0.3 is 0 Å². The summed E-state index contributed by atoms with van der Waals surface area (Å²) >= 11 is 10.7. The number of hydrogen-bond acceptors (Lipinski definition) is 3. The summed E-state index contributed by atoms with van der Waals surface area (Å²) in [6.45, 7) is 0. The molecule has 0 aliphatic heterocycles. The number of aryl methyl sites for hydroxylation is 1. The predicted octanol–water partition coefficient (Wildman–Crippen LogP) is 4.14. The van der Waals surface area contributed by atoms with Crippen molar-refractivity contribution in [2.75, 3.05) is 5.88 Å². The van der Waals surface area contributed by atoms with E-state index in [1.807, 2.05) is 12.3 Å². The number of nitrogens with zero attached hydrogens (tertiary/aromatic N) is 2. The highest BCUT2D eigenvalue weighted by atomic mass is 79.9. The summed E-state index contributed by atoms with van der Waals surface area (Å²) in [5.74, 6) is 0.686. The van der Waals surface area contributed by atoms with Gasteiger partial charge in [0.15, 0.2) is 0 Å². The van der Waals surface area contributed by atoms with E-state index < -0.39 is 0 Å². The monoisotopic (exact) mass is 316 g/mol. The third-order valence-corrected chi connectivity index (χ3v) is 3.71. The maximum Gasteiger partial charge on any atom is 0.125 e. The summed E-state index contributed by atoms with van der Waals surface area (Å²) in [5.41, 5.74) is 2.16. The highest BCUT2D eigenvalue weighted by molar-refractivity contribution is 9.10. The van der Waals surface area contributed by atoms with Gasteiger partial charge in [0.25, 0.3) is 0 Å². The van der Waals surface area contributed by atoms with E-state index in [0.717, 1.165) is 33.6 Å². The van der Waals surface area contributed by atoms with Crippen LogP contribution in [0.4, 0.5) is 0 Å². The minimum absolute atomic E-state index is 0.686. The Balaban J connectivity index is 2.18. The topological polar surface area (TPSA) is 25.8 Å². The summed E-state index contributed by atoms with van der Waals surface area (Å²) in [6, 6.07) is 2.02. The van der Waals surface area contributed by atoms with Crippen LogP contribution in [-0.4, -0.2) is 15.8 Å². The van der Waals surface area contributed by atoms with E-state index in [0.29, 0.717) is 5.88 Å². The molecule has 2 heterocycles. The van der Waals surface area contributed by atoms with Crippen LogP contribution >= 0.6 is 38.9 Å². The van der Waals surface area contributed by atoms with Crippen molar-refractivity contribution in [1.82, 2.24) is 9.97 Å². The van der Waals surface area contributed by atoms with Crippen molar-refractivity contribution in [3.63, 3.8) is 0 Å². The fraction of sp³-hybridized carbons (Fsp3) is 0.273. The van der Waals surface area contributed by atoms with Gasteiger partial charge >= 0.3 is 0 Å². The van der Waals surface area contributed by atoms with E-state index in [4.69, 9.17) is 11.6 Å². The normalized spacial score (nSPS) is 10.6. The lowest BCUT2D eigenvalue weighted by atomic mass is 10.2. The van der Waals surface area contributed by atoms with Gasteiger partial charge in [0.05, 0.1) is 5.69 Å². The molecule has 0 aliphatic carbocycles. The van der Waals surface area contributed by atoms with Crippen molar-refractivity contribution < 1.29 is 0 Å². The zero-order chi connectivity index (χ0) is 11.4. The second-order valence-electron chi connectivity index (χ2n) is 3.33. The number of aromatic nitrogens is 2. The van der Waals surface area contributed by atoms with Crippen LogP contribution < -0.4 is 0 Å². The molecular weight excluding hydrogens is 308 g/mol. The number of halogens is 2. The van der Waals surface area contributed by atoms with Crippen molar-refractivity contribution in [2.24, 2.45) is 0 Å². The molecule has 0 aliphatic rings. The predicted molar refractivity (Wildman–Crippen MR) is 72.1 cm³/mol. The molecule has 0 aromatic carbocycles. The van der Waals surface area contributed by atoms with Crippen LogP contribution in [0.2, 0.25) is 0 Å². The van der Waals surface area contributed by atoms with Crippen LogP contribution in [0.3, 0.4) is 0 Å². The molecule has 0 saturated heterocycles. The van der Waals surface area contributed by atoms with Gasteiger partial charge in [-0.05, 0) is 34.8 Å². The number of alkyl halides is 1. The minimum atomic E-state index is 0.686. The van der Waals surface area contributed by atoms with Crippen molar-refractivity contribution in [3.8, 4) is 10.6 Å². The van der Waals surface area contributed by atoms with Crippen LogP contribution in [0.25, 0.3) is 10.6 Å². The molecule has 0 N–H and O–H groups in total. The van der Waals surface area contributed by atoms with Crippen molar-refractivity contribution in [2.45, 2.75) is 12.8 Å². The first-order chi connectivity index (χ1) is 7.79. The Bertz CT molecular complexity index is 473. The second-order valence-corrected chi connectivity index (χ2v) is 5.48. The molecule has 0 amide bonds. The van der Waals surface area contributed by atoms with Gasteiger partial charge in [-0.15, -0.1) is 22.9 Å². The number of hydrogen-bond donors (Lipinski definition) is 0. The molecule has 2 aromatic heterocycles. The molecule has 2 aromatic rings. The first-order valence-corrected chi connectivity index (χ1v) is 7.11. The number of pyridine rings is 1. The van der Waals surface area contributed by atoms with Crippen LogP contribution in [0, 0.1) is 0 Å². The summed E-state index contributed by atoms with van der Waals surface area (Å²) in [6.07, 6.45) is 5.52. The van der Waals surface area contributed by atoms with Crippen LogP contribution in [0.15, 0.2) is 28.3 Å². The van der Waals surface area contributed by atoms with Crippen molar-refractivity contribution in [1.29, 1.82) is 0 Å². The Morgan fingerprint density at radius 1 is 1.38 bits per heavy atom. The zero-order valence-electron chi connectivity index (χ0n) is 8.49. The molecule has 0 fully saturated rings. The highest BCUT2D eigenvalue weighted by Crippen LogP contribution is 2.25. The Morgan fingerprint density at radius 3 is 3.00 bits per heavy atom. The molecule has 0 radical (unpaired) electrons. The Labute approximate surface area is 112 Å². The van der Waals surface area contributed by atoms with E-state index >= 15 is 0 Å². The molecule has 2 rings (SSSR count). The smallest absolute Gasteiger partial charge is 0.125 e. The fourth-order valence-corrected chi connectivity index (χ4v) is 2.67. The quantitative estimate of drug-likeness (QED) is 0.792. The second kappa shape index (κ2) is 5.75. The largest absolute Gasteiger partial charge is 0.263 e. The molecule has 0 saturated carbocycles. The van der Waals surface area contributed by atoms with Crippen LogP contribution in [-0.2, 0) is 6.42 Å². The van der Waals surface area contributed by atoms with Gasteiger partial charge in [-0.25, -0.2) is 4.98 Å². The molecule has 0 bridgehead atoms. The lowest BCUT2D eigenvalue weighted by molar-refractivity contribution is 0.899. The Hall–Kier alpha value is -0.450. The molecule has 0 unspecified atom stereocenters. The first kappa shape index (κ1) is 12.0. The van der Waals surface area contributed by atoms with Crippen LogP contribution in [0.1, 0.15) is 12.1 Å². The minimum Gasteiger partial charge on any atom is -0.263 e. The van der Waals surface area contributed by atoms with Crippen LogP contribution in [0.5, 0.6) is 0 Å². The summed E-state index contributed by atoms with van der Waals surface area (Å²) in [5, 5.41) is 3.10. The van der Waals surface area contributed by atoms with Gasteiger partial charge in [-0.2, -0.15) is 0 Å². The van der Waals surface area contributed by atoms with E-state index in [-0.39, 0.29) is 0 Å². The average molecular weight is 318 g/mol. The average Bonchev–Trinajstić information content (AvgIpc) is 2.75. The SMILES string of the molecule is ClCCCc1csc(-c2cncc(Br)c2)n1. The Kier molecular flexibility index (Phi) is 4.32. The summed E-state index contributed by atoms with van der Waals surface area (Å²) in [7, 11) is 0. The summed E-state index contributed by atoms with van der Waals surface area (Å²) in [4.78, 5) is 8.69. The van der Waals surface area contributed by atoms with Gasteiger partial charge in [0.2, 0.25) is 0 Å². The molecular formula is C11H10BrClN2S. The third-order valence-electron chi connectivity index (χ3n) is 2.07. The molecule has 0 atom stereocenters. The zero-order valence-corrected chi connectivity index (χ0v) is 11.6. The van der Waals surface area contributed by atoms with Crippen molar-refractivity contribution >= 4 is 38.9 Å². The molecule has 16 heavy (non-hydrogen) atoms. The summed E-state index contributed by atoms with van der Waals surface area (Å²) < 4.78 is 0.975. The third kappa shape index (κ3) is 3.03. The van der Waals surface area contributed by atoms with Gasteiger partial charge in [-0.3, -0.25) is 4.98 Å². The fourth-order valence-electron chi connectivity index (χ4n) is 1.33. The van der Waals surface area contributed by atoms with Gasteiger partial charge in [0, 0.05) is 33.7 Å². The number of rotatable bonds is 4. The molecule has 5 heteroatoms. The Morgan fingerprint density at radius 2 is 2.25 bits per heavy atom. The molecule has 84 valence electrons.